The molecule has 0 aliphatic carbocycles. The second-order valence-electron chi connectivity index (χ2n) is 6.35. The van der Waals surface area contributed by atoms with Gasteiger partial charge in [0, 0.05) is 25.5 Å². The number of guanidine groups is 1. The zero-order valence-electron chi connectivity index (χ0n) is 17.6. The van der Waals surface area contributed by atoms with Gasteiger partial charge in [0.05, 0.1) is 30.5 Å². The lowest BCUT2D eigenvalue weighted by molar-refractivity contribution is 0.287. The van der Waals surface area contributed by atoms with E-state index < -0.39 is 0 Å². The highest BCUT2D eigenvalue weighted by Gasteiger charge is 2.09. The van der Waals surface area contributed by atoms with Crippen LogP contribution in [0.15, 0.2) is 28.6 Å². The number of aliphatic imine (C=N–C) groups is 1. The molecule has 0 unspecified atom stereocenters. The van der Waals surface area contributed by atoms with Crippen LogP contribution in [0, 0.1) is 6.92 Å². The largest absolute Gasteiger partial charge is 0.490 e. The Balaban J connectivity index is 2.01. The van der Waals surface area contributed by atoms with Gasteiger partial charge in [0.25, 0.3) is 0 Å². The number of aryl methyl sites for hydroxylation is 1. The van der Waals surface area contributed by atoms with Crippen molar-refractivity contribution in [2.75, 3.05) is 33.4 Å². The highest BCUT2D eigenvalue weighted by molar-refractivity contribution is 7.09. The molecule has 0 atom stereocenters. The number of hydrogen-bond donors (Lipinski definition) is 1. The van der Waals surface area contributed by atoms with Crippen LogP contribution in [-0.4, -0.2) is 49.2 Å². The first-order valence-corrected chi connectivity index (χ1v) is 10.7. The average molecular weight is 405 g/mol. The van der Waals surface area contributed by atoms with E-state index in [-0.39, 0.29) is 0 Å². The molecule has 2 aromatic rings. The number of benzene rings is 1. The molecule has 1 heterocycles. The molecule has 0 aliphatic rings. The minimum atomic E-state index is 0.618. The number of thiazole rings is 1. The number of hydrogen-bond acceptors (Lipinski definition) is 5. The molecule has 0 radical (unpaired) electrons. The van der Waals surface area contributed by atoms with Gasteiger partial charge in [-0.25, -0.2) is 4.98 Å². The van der Waals surface area contributed by atoms with Crippen molar-refractivity contribution >= 4 is 17.3 Å². The molecule has 0 spiro atoms. The molecule has 0 amide bonds. The predicted molar refractivity (Wildman–Crippen MR) is 117 cm³/mol. The summed E-state index contributed by atoms with van der Waals surface area (Å²) in [6.45, 7) is 11.6. The van der Waals surface area contributed by atoms with Gasteiger partial charge in [-0.05, 0) is 51.8 Å². The maximum atomic E-state index is 5.72. The Labute approximate surface area is 172 Å². The SMILES string of the molecule is CCNC(=NCCc1ccc(OCC)c(OCC)c1)N(C)Cc1csc(C)n1. The normalized spacial score (nSPS) is 11.4. The third-order valence-electron chi connectivity index (χ3n) is 4.03. The van der Waals surface area contributed by atoms with Crippen LogP contribution in [0.1, 0.15) is 37.0 Å². The lowest BCUT2D eigenvalue weighted by Gasteiger charge is -2.21. The Hall–Kier alpha value is -2.28. The Morgan fingerprint density at radius 1 is 1.18 bits per heavy atom. The van der Waals surface area contributed by atoms with Crippen LogP contribution in [-0.2, 0) is 13.0 Å². The first kappa shape index (κ1) is 22.0. The van der Waals surface area contributed by atoms with Crippen molar-refractivity contribution in [3.63, 3.8) is 0 Å². The molecule has 6 nitrogen and oxygen atoms in total. The molecular formula is C21H32N4O2S. The van der Waals surface area contributed by atoms with Crippen molar-refractivity contribution in [2.24, 2.45) is 4.99 Å². The Morgan fingerprint density at radius 3 is 2.57 bits per heavy atom. The first-order chi connectivity index (χ1) is 13.6. The molecule has 1 aromatic carbocycles. The van der Waals surface area contributed by atoms with Gasteiger partial charge < -0.3 is 19.7 Å². The third-order valence-corrected chi connectivity index (χ3v) is 4.85. The molecule has 1 N–H and O–H groups in total. The second kappa shape index (κ2) is 11.5. The number of nitrogens with zero attached hydrogens (tertiary/aromatic N) is 3. The van der Waals surface area contributed by atoms with Gasteiger partial charge in [0.2, 0.25) is 0 Å². The molecule has 7 heteroatoms. The van der Waals surface area contributed by atoms with Crippen LogP contribution in [0.3, 0.4) is 0 Å². The van der Waals surface area contributed by atoms with Gasteiger partial charge in [0.15, 0.2) is 17.5 Å². The van der Waals surface area contributed by atoms with Crippen molar-refractivity contribution in [1.82, 2.24) is 15.2 Å². The summed E-state index contributed by atoms with van der Waals surface area (Å²) >= 11 is 1.68. The number of rotatable bonds is 10. The third kappa shape index (κ3) is 6.71. The smallest absolute Gasteiger partial charge is 0.194 e. The molecular weight excluding hydrogens is 372 g/mol. The van der Waals surface area contributed by atoms with E-state index >= 15 is 0 Å². The monoisotopic (exact) mass is 404 g/mol. The minimum Gasteiger partial charge on any atom is -0.490 e. The molecule has 1 aromatic heterocycles. The maximum Gasteiger partial charge on any atom is 0.194 e. The maximum absolute atomic E-state index is 5.72. The Bertz CT molecular complexity index is 761. The van der Waals surface area contributed by atoms with Gasteiger partial charge in [-0.15, -0.1) is 11.3 Å². The Kier molecular flexibility index (Phi) is 9.07. The quantitative estimate of drug-likeness (QED) is 0.481. The van der Waals surface area contributed by atoms with Crippen LogP contribution in [0.2, 0.25) is 0 Å². The lowest BCUT2D eigenvalue weighted by atomic mass is 10.1. The van der Waals surface area contributed by atoms with Gasteiger partial charge in [-0.2, -0.15) is 0 Å². The van der Waals surface area contributed by atoms with Gasteiger partial charge >= 0.3 is 0 Å². The number of aromatic nitrogens is 1. The molecule has 0 saturated carbocycles. The van der Waals surface area contributed by atoms with Gasteiger partial charge in [0.1, 0.15) is 0 Å². The van der Waals surface area contributed by atoms with Crippen molar-refractivity contribution in [2.45, 2.75) is 40.7 Å². The van der Waals surface area contributed by atoms with Crippen molar-refractivity contribution in [1.29, 1.82) is 0 Å². The van der Waals surface area contributed by atoms with E-state index in [0.717, 1.165) is 47.7 Å². The number of nitrogens with one attached hydrogen (secondary N) is 1. The summed E-state index contributed by atoms with van der Waals surface area (Å²) in [5.74, 6) is 2.49. The van der Waals surface area contributed by atoms with Crippen LogP contribution < -0.4 is 14.8 Å². The lowest BCUT2D eigenvalue weighted by Crippen LogP contribution is -2.38. The van der Waals surface area contributed by atoms with E-state index in [2.05, 4.69) is 39.6 Å². The summed E-state index contributed by atoms with van der Waals surface area (Å²) in [6, 6.07) is 6.12. The second-order valence-corrected chi connectivity index (χ2v) is 7.41. The van der Waals surface area contributed by atoms with E-state index in [0.29, 0.717) is 19.8 Å². The summed E-state index contributed by atoms with van der Waals surface area (Å²) in [6.07, 6.45) is 0.838. The summed E-state index contributed by atoms with van der Waals surface area (Å²) in [7, 11) is 2.04. The van der Waals surface area contributed by atoms with E-state index in [1.165, 1.54) is 5.56 Å². The molecule has 0 saturated heterocycles. The standard InChI is InChI=1S/C21H32N4O2S/c1-6-22-21(25(5)14-18-15-28-16(4)24-18)23-12-11-17-9-10-19(26-7-2)20(13-17)27-8-3/h9-10,13,15H,6-8,11-12,14H2,1-5H3,(H,22,23). The molecule has 154 valence electrons. The fraction of sp³-hybridized carbons (Fsp3) is 0.524. The predicted octanol–water partition coefficient (Wildman–Crippen LogP) is 3.89. The molecule has 2 rings (SSSR count). The summed E-state index contributed by atoms with van der Waals surface area (Å²) < 4.78 is 11.4. The van der Waals surface area contributed by atoms with E-state index in [1.54, 1.807) is 11.3 Å². The fourth-order valence-corrected chi connectivity index (χ4v) is 3.41. The van der Waals surface area contributed by atoms with E-state index in [4.69, 9.17) is 14.5 Å². The Morgan fingerprint density at radius 2 is 1.93 bits per heavy atom. The van der Waals surface area contributed by atoms with Crippen molar-refractivity contribution in [3.05, 3.63) is 39.8 Å². The molecule has 0 aliphatic heterocycles. The van der Waals surface area contributed by atoms with Crippen molar-refractivity contribution < 1.29 is 9.47 Å². The zero-order chi connectivity index (χ0) is 20.4. The first-order valence-electron chi connectivity index (χ1n) is 9.86. The minimum absolute atomic E-state index is 0.618. The highest BCUT2D eigenvalue weighted by atomic mass is 32.1. The summed E-state index contributed by atoms with van der Waals surface area (Å²) in [5.41, 5.74) is 2.26. The topological polar surface area (TPSA) is 59.0 Å². The van der Waals surface area contributed by atoms with Crippen LogP contribution in [0.5, 0.6) is 11.5 Å². The van der Waals surface area contributed by atoms with Crippen LogP contribution in [0.25, 0.3) is 0 Å². The molecule has 0 bridgehead atoms. The average Bonchev–Trinajstić information content (AvgIpc) is 3.08. The van der Waals surface area contributed by atoms with Crippen LogP contribution >= 0.6 is 11.3 Å². The molecule has 28 heavy (non-hydrogen) atoms. The van der Waals surface area contributed by atoms with E-state index in [1.807, 2.05) is 33.9 Å². The van der Waals surface area contributed by atoms with Crippen LogP contribution in [0.4, 0.5) is 0 Å². The fourth-order valence-electron chi connectivity index (χ4n) is 2.81. The van der Waals surface area contributed by atoms with Gasteiger partial charge in [-0.1, -0.05) is 6.07 Å². The van der Waals surface area contributed by atoms with Crippen molar-refractivity contribution in [3.8, 4) is 11.5 Å². The zero-order valence-corrected chi connectivity index (χ0v) is 18.4. The van der Waals surface area contributed by atoms with Gasteiger partial charge in [-0.3, -0.25) is 4.99 Å². The summed E-state index contributed by atoms with van der Waals surface area (Å²) in [5, 5.41) is 6.55. The molecule has 0 fully saturated rings. The number of ether oxygens (including phenoxy) is 2. The highest BCUT2D eigenvalue weighted by Crippen LogP contribution is 2.28. The summed E-state index contributed by atoms with van der Waals surface area (Å²) in [4.78, 5) is 11.4. The van der Waals surface area contributed by atoms with E-state index in [9.17, 15) is 0 Å².